The van der Waals surface area contributed by atoms with Gasteiger partial charge in [0.25, 0.3) is 9.84 Å². The van der Waals surface area contributed by atoms with Crippen molar-refractivity contribution in [1.82, 2.24) is 0 Å². The van der Waals surface area contributed by atoms with Crippen LogP contribution in [0.2, 0.25) is 0 Å². The van der Waals surface area contributed by atoms with Crippen molar-refractivity contribution in [1.29, 1.82) is 0 Å². The number of rotatable bonds is 4. The highest BCUT2D eigenvalue weighted by atomic mass is 32.2. The van der Waals surface area contributed by atoms with Gasteiger partial charge < -0.3 is 0 Å². The summed E-state index contributed by atoms with van der Waals surface area (Å²) >= 11 is 0. The maximum atomic E-state index is 12.9. The summed E-state index contributed by atoms with van der Waals surface area (Å²) in [5.41, 5.74) is -5.51. The molecule has 0 N–H and O–H groups in total. The predicted molar refractivity (Wildman–Crippen MR) is 80.2 cm³/mol. The van der Waals surface area contributed by atoms with Gasteiger partial charge in [0.15, 0.2) is 0 Å². The van der Waals surface area contributed by atoms with Gasteiger partial charge in [0, 0.05) is 5.56 Å². The van der Waals surface area contributed by atoms with E-state index in [4.69, 9.17) is 0 Å². The third-order valence-electron chi connectivity index (χ3n) is 2.95. The van der Waals surface area contributed by atoms with E-state index in [9.17, 15) is 26.4 Å². The zero-order valence-electron chi connectivity index (χ0n) is 11.6. The van der Waals surface area contributed by atoms with Crippen LogP contribution >= 0.6 is 0 Å². The van der Waals surface area contributed by atoms with Crippen molar-refractivity contribution in [3.8, 4) is 0 Å². The van der Waals surface area contributed by atoms with Gasteiger partial charge >= 0.3 is 5.51 Å². The van der Waals surface area contributed by atoms with Gasteiger partial charge in [0.05, 0.1) is 0 Å². The Balaban J connectivity index is 2.62. The SMILES string of the molecule is O=C(/C(=C\c1ccccc1)S(=O)(=O)C(F)(F)F)c1ccccc1. The first-order valence-electron chi connectivity index (χ1n) is 6.41. The summed E-state index contributed by atoms with van der Waals surface area (Å²) < 4.78 is 62.2. The van der Waals surface area contributed by atoms with Crippen molar-refractivity contribution in [2.24, 2.45) is 0 Å². The van der Waals surface area contributed by atoms with Gasteiger partial charge in [-0.1, -0.05) is 60.7 Å². The minimum atomic E-state index is -5.77. The fourth-order valence-electron chi connectivity index (χ4n) is 1.82. The third-order valence-corrected chi connectivity index (χ3v) is 4.44. The van der Waals surface area contributed by atoms with Crippen LogP contribution in [0.4, 0.5) is 13.2 Å². The zero-order chi connectivity index (χ0) is 17.1. The van der Waals surface area contributed by atoms with Gasteiger partial charge in [-0.15, -0.1) is 0 Å². The molecule has 0 aromatic heterocycles. The average molecular weight is 340 g/mol. The molecule has 0 bridgehead atoms. The van der Waals surface area contributed by atoms with Crippen LogP contribution in [-0.2, 0) is 9.84 Å². The maximum Gasteiger partial charge on any atom is 0.502 e. The molecule has 0 radical (unpaired) electrons. The highest BCUT2D eigenvalue weighted by Crippen LogP contribution is 2.32. The molecule has 23 heavy (non-hydrogen) atoms. The monoisotopic (exact) mass is 340 g/mol. The van der Waals surface area contributed by atoms with E-state index in [1.807, 2.05) is 0 Å². The van der Waals surface area contributed by atoms with Crippen LogP contribution in [0.3, 0.4) is 0 Å². The average Bonchev–Trinajstić information content (AvgIpc) is 2.52. The molecule has 0 unspecified atom stereocenters. The number of benzene rings is 2. The Morgan fingerprint density at radius 1 is 0.870 bits per heavy atom. The number of ketones is 1. The second-order valence-electron chi connectivity index (χ2n) is 4.56. The number of sulfone groups is 1. The molecule has 0 aliphatic rings. The Kier molecular flexibility index (Phi) is 4.70. The molecular weight excluding hydrogens is 329 g/mol. The molecule has 0 heterocycles. The van der Waals surface area contributed by atoms with E-state index in [2.05, 4.69) is 0 Å². The molecule has 3 nitrogen and oxygen atoms in total. The number of carbonyl (C=O) groups excluding carboxylic acids is 1. The minimum absolute atomic E-state index is 0.137. The van der Waals surface area contributed by atoms with Gasteiger partial charge in [-0.05, 0) is 11.6 Å². The lowest BCUT2D eigenvalue weighted by Gasteiger charge is -2.11. The number of allylic oxidation sites excluding steroid dienone is 1. The fraction of sp³-hybridized carbons (Fsp3) is 0.0625. The molecule has 0 aliphatic heterocycles. The largest absolute Gasteiger partial charge is 0.502 e. The summed E-state index contributed by atoms with van der Waals surface area (Å²) in [5, 5.41) is 0. The molecule has 2 aromatic rings. The van der Waals surface area contributed by atoms with Gasteiger partial charge in [-0.3, -0.25) is 4.79 Å². The summed E-state index contributed by atoms with van der Waals surface area (Å²) in [6.07, 6.45) is 0.734. The molecule has 0 saturated heterocycles. The standard InChI is InChI=1S/C16H11F3O3S/c17-16(18,19)23(21,22)14(11-12-7-3-1-4-8-12)15(20)13-9-5-2-6-10-13/h1-11H/b14-11+. The smallest absolute Gasteiger partial charge is 0.288 e. The highest BCUT2D eigenvalue weighted by Gasteiger charge is 2.50. The first-order chi connectivity index (χ1) is 10.7. The van der Waals surface area contributed by atoms with Gasteiger partial charge in [0.1, 0.15) is 4.91 Å². The van der Waals surface area contributed by atoms with Crippen LogP contribution in [0.1, 0.15) is 15.9 Å². The lowest BCUT2D eigenvalue weighted by atomic mass is 10.1. The first kappa shape index (κ1) is 17.0. The van der Waals surface area contributed by atoms with Crippen molar-refractivity contribution < 1.29 is 26.4 Å². The van der Waals surface area contributed by atoms with E-state index in [0.717, 1.165) is 6.08 Å². The van der Waals surface area contributed by atoms with Crippen LogP contribution in [0.25, 0.3) is 6.08 Å². The molecule has 0 amide bonds. The number of hydrogen-bond acceptors (Lipinski definition) is 3. The normalized spacial score (nSPS) is 12.9. The number of halogens is 3. The molecule has 0 spiro atoms. The Morgan fingerprint density at radius 3 is 1.83 bits per heavy atom. The van der Waals surface area contributed by atoms with Gasteiger partial charge in [-0.25, -0.2) is 8.42 Å². The van der Waals surface area contributed by atoms with Crippen molar-refractivity contribution in [3.05, 3.63) is 76.7 Å². The van der Waals surface area contributed by atoms with Gasteiger partial charge in [0.2, 0.25) is 5.78 Å². The molecule has 0 atom stereocenters. The topological polar surface area (TPSA) is 51.2 Å². The van der Waals surface area contributed by atoms with Crippen LogP contribution in [0, 0.1) is 0 Å². The van der Waals surface area contributed by atoms with E-state index in [0.29, 0.717) is 0 Å². The predicted octanol–water partition coefficient (Wildman–Crippen LogP) is 3.85. The van der Waals surface area contributed by atoms with Crippen molar-refractivity contribution in [2.45, 2.75) is 5.51 Å². The van der Waals surface area contributed by atoms with E-state index >= 15 is 0 Å². The molecule has 0 saturated carbocycles. The van der Waals surface area contributed by atoms with Crippen molar-refractivity contribution in [3.63, 3.8) is 0 Å². The van der Waals surface area contributed by atoms with Crippen LogP contribution < -0.4 is 0 Å². The van der Waals surface area contributed by atoms with Crippen LogP contribution in [-0.4, -0.2) is 19.7 Å². The number of alkyl halides is 3. The van der Waals surface area contributed by atoms with Gasteiger partial charge in [-0.2, -0.15) is 13.2 Å². The van der Waals surface area contributed by atoms with Crippen molar-refractivity contribution >= 4 is 21.7 Å². The summed E-state index contributed by atoms with van der Waals surface area (Å²) in [4.78, 5) is 11.0. The zero-order valence-corrected chi connectivity index (χ0v) is 12.4. The quantitative estimate of drug-likeness (QED) is 0.628. The molecule has 2 rings (SSSR count). The fourth-order valence-corrected chi connectivity index (χ4v) is 2.72. The number of carbonyl (C=O) groups is 1. The Labute approximate surface area is 131 Å². The second-order valence-corrected chi connectivity index (χ2v) is 6.47. The minimum Gasteiger partial charge on any atom is -0.288 e. The third kappa shape index (κ3) is 3.68. The van der Waals surface area contributed by atoms with Crippen LogP contribution in [0.5, 0.6) is 0 Å². The Bertz CT molecular complexity index is 824. The molecule has 2 aromatic carbocycles. The maximum absolute atomic E-state index is 12.9. The Morgan fingerprint density at radius 2 is 1.35 bits per heavy atom. The van der Waals surface area contributed by atoms with E-state index in [1.165, 1.54) is 48.5 Å². The first-order valence-corrected chi connectivity index (χ1v) is 7.89. The Hall–Kier alpha value is -2.41. The van der Waals surface area contributed by atoms with Crippen molar-refractivity contribution in [2.75, 3.05) is 0 Å². The second kappa shape index (κ2) is 6.37. The summed E-state index contributed by atoms with van der Waals surface area (Å²) in [7, 11) is -5.77. The summed E-state index contributed by atoms with van der Waals surface area (Å²) in [6, 6.07) is 14.4. The summed E-state index contributed by atoms with van der Waals surface area (Å²) in [5.74, 6) is -1.20. The van der Waals surface area contributed by atoms with Crippen LogP contribution in [0.15, 0.2) is 65.6 Å². The molecule has 0 fully saturated rings. The van der Waals surface area contributed by atoms with E-state index in [1.54, 1.807) is 12.1 Å². The lowest BCUT2D eigenvalue weighted by molar-refractivity contribution is -0.0426. The van der Waals surface area contributed by atoms with E-state index in [-0.39, 0.29) is 11.1 Å². The lowest BCUT2D eigenvalue weighted by Crippen LogP contribution is -2.28. The number of hydrogen-bond donors (Lipinski definition) is 0. The molecule has 120 valence electrons. The highest BCUT2D eigenvalue weighted by molar-refractivity contribution is 7.97. The van der Waals surface area contributed by atoms with E-state index < -0.39 is 26.0 Å². The molecular formula is C16H11F3O3S. The molecule has 7 heteroatoms. The summed E-state index contributed by atoms with van der Waals surface area (Å²) in [6.45, 7) is 0. The molecule has 0 aliphatic carbocycles. The number of Topliss-reactive ketones (excluding diaryl/α,β-unsaturated/α-hetero) is 1.